The molecule has 2 N–H and O–H groups in total. The Hall–Kier alpha value is -2.34. The van der Waals surface area contributed by atoms with Crippen LogP contribution < -0.4 is 10.6 Å². The number of rotatable bonds is 4. The Morgan fingerprint density at radius 1 is 0.880 bits per heavy atom. The van der Waals surface area contributed by atoms with Gasteiger partial charge in [-0.3, -0.25) is 4.79 Å². The first-order valence-corrected chi connectivity index (χ1v) is 8.26. The minimum absolute atomic E-state index is 0.160. The highest BCUT2D eigenvalue weighted by molar-refractivity contribution is 6.36. The first kappa shape index (κ1) is 17.5. The molecule has 0 bridgehead atoms. The van der Waals surface area contributed by atoms with Crippen molar-refractivity contribution in [3.63, 3.8) is 0 Å². The molecule has 0 atom stereocenters. The van der Waals surface area contributed by atoms with E-state index in [1.165, 1.54) is 12.4 Å². The summed E-state index contributed by atoms with van der Waals surface area (Å²) in [7, 11) is 0. The average Bonchev–Trinajstić information content (AvgIpc) is 2.60. The summed E-state index contributed by atoms with van der Waals surface area (Å²) in [5.41, 5.74) is 1.30. The number of hydrogen-bond donors (Lipinski definition) is 2. The fourth-order valence-corrected chi connectivity index (χ4v) is 2.63. The van der Waals surface area contributed by atoms with Crippen LogP contribution in [0.1, 0.15) is 10.5 Å². The van der Waals surface area contributed by atoms with Crippen molar-refractivity contribution in [2.75, 3.05) is 10.6 Å². The zero-order chi connectivity index (χ0) is 17.8. The average molecular weight is 394 g/mol. The van der Waals surface area contributed by atoms with Gasteiger partial charge in [0.15, 0.2) is 0 Å². The summed E-state index contributed by atoms with van der Waals surface area (Å²) in [6.07, 6.45) is 2.80. The van der Waals surface area contributed by atoms with Crippen LogP contribution in [0.25, 0.3) is 0 Å². The maximum atomic E-state index is 12.2. The van der Waals surface area contributed by atoms with E-state index in [-0.39, 0.29) is 5.69 Å². The SMILES string of the molecule is O=C(Nc1ccccc1Cl)c1cnc(Nc2ccc(Cl)cc2Cl)cn1. The van der Waals surface area contributed by atoms with E-state index in [0.717, 1.165) is 0 Å². The zero-order valence-electron chi connectivity index (χ0n) is 12.6. The van der Waals surface area contributed by atoms with Gasteiger partial charge in [-0.1, -0.05) is 46.9 Å². The number of halogens is 3. The van der Waals surface area contributed by atoms with Gasteiger partial charge < -0.3 is 10.6 Å². The van der Waals surface area contributed by atoms with Crippen LogP contribution in [-0.4, -0.2) is 15.9 Å². The normalized spacial score (nSPS) is 10.4. The summed E-state index contributed by atoms with van der Waals surface area (Å²) >= 11 is 18.0. The predicted octanol–water partition coefficient (Wildman–Crippen LogP) is 5.43. The molecule has 5 nitrogen and oxygen atoms in total. The van der Waals surface area contributed by atoms with Crippen LogP contribution in [-0.2, 0) is 0 Å². The third-order valence-electron chi connectivity index (χ3n) is 3.20. The van der Waals surface area contributed by atoms with E-state index < -0.39 is 5.91 Å². The molecule has 8 heteroatoms. The van der Waals surface area contributed by atoms with Crippen LogP contribution in [0.15, 0.2) is 54.9 Å². The molecule has 0 radical (unpaired) electrons. The lowest BCUT2D eigenvalue weighted by atomic mass is 10.3. The maximum Gasteiger partial charge on any atom is 0.275 e. The van der Waals surface area contributed by atoms with Crippen molar-refractivity contribution >= 4 is 57.9 Å². The number of anilines is 3. The van der Waals surface area contributed by atoms with Crippen molar-refractivity contribution in [2.45, 2.75) is 0 Å². The molecule has 0 aliphatic rings. The van der Waals surface area contributed by atoms with Crippen LogP contribution in [0.3, 0.4) is 0 Å². The molecule has 126 valence electrons. The van der Waals surface area contributed by atoms with Gasteiger partial charge >= 0.3 is 0 Å². The second-order valence-electron chi connectivity index (χ2n) is 4.97. The highest BCUT2D eigenvalue weighted by atomic mass is 35.5. The van der Waals surface area contributed by atoms with Gasteiger partial charge in [0, 0.05) is 5.02 Å². The number of nitrogens with zero attached hydrogens (tertiary/aromatic N) is 2. The van der Waals surface area contributed by atoms with E-state index in [2.05, 4.69) is 20.6 Å². The minimum Gasteiger partial charge on any atom is -0.338 e. The monoisotopic (exact) mass is 392 g/mol. The Bertz CT molecular complexity index is 916. The number of nitrogens with one attached hydrogen (secondary N) is 2. The van der Waals surface area contributed by atoms with Crippen LogP contribution >= 0.6 is 34.8 Å². The topological polar surface area (TPSA) is 66.9 Å². The van der Waals surface area contributed by atoms with Gasteiger partial charge in [-0.15, -0.1) is 0 Å². The number of hydrogen-bond acceptors (Lipinski definition) is 4. The van der Waals surface area contributed by atoms with Crippen molar-refractivity contribution in [2.24, 2.45) is 0 Å². The van der Waals surface area contributed by atoms with Gasteiger partial charge in [0.25, 0.3) is 5.91 Å². The molecule has 0 spiro atoms. The quantitative estimate of drug-likeness (QED) is 0.620. The molecule has 0 unspecified atom stereocenters. The molecule has 3 aromatic rings. The Morgan fingerprint density at radius 2 is 1.68 bits per heavy atom. The molecule has 0 aliphatic carbocycles. The third kappa shape index (κ3) is 4.39. The van der Waals surface area contributed by atoms with Crippen LogP contribution in [0, 0.1) is 0 Å². The van der Waals surface area contributed by atoms with Gasteiger partial charge in [-0.2, -0.15) is 0 Å². The van der Waals surface area contributed by atoms with Crippen LogP contribution in [0.2, 0.25) is 15.1 Å². The van der Waals surface area contributed by atoms with E-state index in [4.69, 9.17) is 34.8 Å². The van der Waals surface area contributed by atoms with Gasteiger partial charge in [-0.25, -0.2) is 9.97 Å². The van der Waals surface area contributed by atoms with Crippen molar-refractivity contribution in [3.05, 3.63) is 75.6 Å². The van der Waals surface area contributed by atoms with Crippen LogP contribution in [0.4, 0.5) is 17.2 Å². The summed E-state index contributed by atoms with van der Waals surface area (Å²) in [6, 6.07) is 12.0. The van der Waals surface area contributed by atoms with Gasteiger partial charge in [0.05, 0.1) is 33.8 Å². The summed E-state index contributed by atoms with van der Waals surface area (Å²) in [4.78, 5) is 20.5. The van der Waals surface area contributed by atoms with Crippen molar-refractivity contribution in [3.8, 4) is 0 Å². The van der Waals surface area contributed by atoms with E-state index in [1.54, 1.807) is 42.5 Å². The molecular formula is C17H11Cl3N4O. The molecule has 0 saturated heterocycles. The molecule has 0 aliphatic heterocycles. The molecule has 0 saturated carbocycles. The molecule has 1 heterocycles. The van der Waals surface area contributed by atoms with Crippen molar-refractivity contribution in [1.82, 2.24) is 9.97 Å². The number of benzene rings is 2. The van der Waals surface area contributed by atoms with E-state index in [1.807, 2.05) is 0 Å². The second-order valence-corrected chi connectivity index (χ2v) is 6.22. The first-order valence-electron chi connectivity index (χ1n) is 7.13. The molecule has 3 rings (SSSR count). The van der Waals surface area contributed by atoms with Gasteiger partial charge in [-0.05, 0) is 30.3 Å². The molecule has 25 heavy (non-hydrogen) atoms. The Labute approximate surface area is 159 Å². The number of aromatic nitrogens is 2. The van der Waals surface area contributed by atoms with Crippen molar-refractivity contribution < 1.29 is 4.79 Å². The molecule has 1 aromatic heterocycles. The van der Waals surface area contributed by atoms with E-state index in [9.17, 15) is 4.79 Å². The third-order valence-corrected chi connectivity index (χ3v) is 4.08. The first-order chi connectivity index (χ1) is 12.0. The standard InChI is InChI=1S/C17H11Cl3N4O/c18-10-5-6-14(12(20)7-10)23-16-9-21-15(8-22-16)17(25)24-13-4-2-1-3-11(13)19/h1-9H,(H,22,23)(H,24,25). The summed E-state index contributed by atoms with van der Waals surface area (Å²) < 4.78 is 0. The number of carbonyl (C=O) groups excluding carboxylic acids is 1. The lowest BCUT2D eigenvalue weighted by molar-refractivity contribution is 0.102. The molecular weight excluding hydrogens is 383 g/mol. The van der Waals surface area contributed by atoms with Crippen LogP contribution in [0.5, 0.6) is 0 Å². The smallest absolute Gasteiger partial charge is 0.275 e. The van der Waals surface area contributed by atoms with Crippen molar-refractivity contribution in [1.29, 1.82) is 0 Å². The van der Waals surface area contributed by atoms with E-state index in [0.29, 0.717) is 32.3 Å². The Kier molecular flexibility index (Phi) is 5.38. The summed E-state index contributed by atoms with van der Waals surface area (Å²) in [5.74, 6) is 0.0372. The second kappa shape index (κ2) is 7.70. The predicted molar refractivity (Wildman–Crippen MR) is 101 cm³/mol. The fourth-order valence-electron chi connectivity index (χ4n) is 1.99. The Balaban J connectivity index is 1.71. The van der Waals surface area contributed by atoms with Gasteiger partial charge in [0.1, 0.15) is 11.5 Å². The number of carbonyl (C=O) groups is 1. The Morgan fingerprint density at radius 3 is 2.36 bits per heavy atom. The van der Waals surface area contributed by atoms with Gasteiger partial charge in [0.2, 0.25) is 0 Å². The lowest BCUT2D eigenvalue weighted by Gasteiger charge is -2.09. The summed E-state index contributed by atoms with van der Waals surface area (Å²) in [5, 5.41) is 7.12. The molecule has 0 fully saturated rings. The fraction of sp³-hybridized carbons (Fsp3) is 0. The molecule has 2 aromatic carbocycles. The molecule has 1 amide bonds. The lowest BCUT2D eigenvalue weighted by Crippen LogP contribution is -2.14. The highest BCUT2D eigenvalue weighted by Gasteiger charge is 2.11. The largest absolute Gasteiger partial charge is 0.338 e. The summed E-state index contributed by atoms with van der Waals surface area (Å²) in [6.45, 7) is 0. The van der Waals surface area contributed by atoms with E-state index >= 15 is 0 Å². The number of para-hydroxylation sites is 1. The number of amides is 1. The zero-order valence-corrected chi connectivity index (χ0v) is 14.9. The highest BCUT2D eigenvalue weighted by Crippen LogP contribution is 2.27. The minimum atomic E-state index is -0.406. The maximum absolute atomic E-state index is 12.2.